The van der Waals surface area contributed by atoms with E-state index in [0.717, 1.165) is 0 Å². The van der Waals surface area contributed by atoms with Crippen LogP contribution in [0.2, 0.25) is 5.02 Å². The number of esters is 1. The first-order chi connectivity index (χ1) is 17.8. The number of aliphatic hydroxyl groups is 1. The number of carbonyl (C=O) groups excluding carboxylic acids is 3. The summed E-state index contributed by atoms with van der Waals surface area (Å²) in [5.41, 5.74) is 1.13. The van der Waals surface area contributed by atoms with E-state index in [-0.39, 0.29) is 28.5 Å². The van der Waals surface area contributed by atoms with Crippen molar-refractivity contribution in [2.45, 2.75) is 25.9 Å². The summed E-state index contributed by atoms with van der Waals surface area (Å²) in [5, 5.41) is 11.5. The molecule has 1 fully saturated rings. The van der Waals surface area contributed by atoms with Gasteiger partial charge in [0, 0.05) is 18.5 Å². The van der Waals surface area contributed by atoms with Crippen molar-refractivity contribution in [1.82, 2.24) is 9.88 Å². The molecular weight excluding hydrogens is 498 g/mol. The maximum Gasteiger partial charge on any atom is 0.337 e. The standard InChI is InChI=1S/C27H26ClN3O6/c1-3-37-21-10-9-19(15-20(21)28)24(32)22-23(17-5-7-18(8-6-17)27(35)36-2)31(26(34)25(22)33)13-4-12-30-14-11-29-16-30/h5-11,14-16,23H,3-4,12-13H2,1-2H3,(H,32,33)/p+1. The van der Waals surface area contributed by atoms with Gasteiger partial charge < -0.3 is 19.5 Å². The third-order valence-electron chi connectivity index (χ3n) is 6.11. The number of hydrogen-bond donors (Lipinski definition) is 2. The molecule has 0 radical (unpaired) electrons. The van der Waals surface area contributed by atoms with Crippen LogP contribution in [0.1, 0.15) is 40.9 Å². The number of Topliss-reactive ketones (excluding diaryl/α,β-unsaturated/α-hetero) is 1. The zero-order valence-corrected chi connectivity index (χ0v) is 21.2. The summed E-state index contributed by atoms with van der Waals surface area (Å²) in [7, 11) is 1.29. The van der Waals surface area contributed by atoms with Gasteiger partial charge in [-0.3, -0.25) is 14.6 Å². The molecule has 3 aromatic rings. The Morgan fingerprint density at radius 1 is 1.16 bits per heavy atom. The quantitative estimate of drug-likeness (QED) is 0.145. The average molecular weight is 525 g/mol. The highest BCUT2D eigenvalue weighted by Gasteiger charge is 2.46. The number of nitrogens with zero attached hydrogens (tertiary/aromatic N) is 2. The number of H-pyrrole nitrogens is 1. The number of methoxy groups -OCH3 is 1. The fourth-order valence-corrected chi connectivity index (χ4v) is 4.57. The SMILES string of the molecule is CCOc1ccc(/C(O)=C2\C(=O)C(=O)N(CCC[n+]3cc[nH]c3)C2c2ccc(C(=O)OC)cc2)cc1Cl. The summed E-state index contributed by atoms with van der Waals surface area (Å²) in [6, 6.07) is 10.2. The number of aromatic nitrogens is 2. The van der Waals surface area contributed by atoms with Crippen LogP contribution in [0.4, 0.5) is 0 Å². The van der Waals surface area contributed by atoms with Crippen molar-refractivity contribution in [2.24, 2.45) is 0 Å². The molecule has 4 rings (SSSR count). The molecule has 2 heterocycles. The molecule has 1 aliphatic heterocycles. The van der Waals surface area contributed by atoms with Gasteiger partial charge in [-0.1, -0.05) is 23.7 Å². The van der Waals surface area contributed by atoms with Crippen LogP contribution in [-0.2, 0) is 20.9 Å². The van der Waals surface area contributed by atoms with Crippen LogP contribution >= 0.6 is 11.6 Å². The maximum absolute atomic E-state index is 13.2. The van der Waals surface area contributed by atoms with Crippen molar-refractivity contribution >= 4 is 35.0 Å². The number of aliphatic hydroxyl groups excluding tert-OH is 1. The van der Waals surface area contributed by atoms with Gasteiger partial charge in [-0.2, -0.15) is 0 Å². The van der Waals surface area contributed by atoms with E-state index < -0.39 is 23.7 Å². The van der Waals surface area contributed by atoms with E-state index in [1.807, 2.05) is 17.7 Å². The van der Waals surface area contributed by atoms with Gasteiger partial charge in [0.1, 0.15) is 23.9 Å². The molecule has 1 aliphatic rings. The highest BCUT2D eigenvalue weighted by atomic mass is 35.5. The summed E-state index contributed by atoms with van der Waals surface area (Å²) in [4.78, 5) is 42.7. The Balaban J connectivity index is 1.74. The van der Waals surface area contributed by atoms with Crippen LogP contribution < -0.4 is 9.30 Å². The summed E-state index contributed by atoms with van der Waals surface area (Å²) in [6.45, 7) is 3.13. The van der Waals surface area contributed by atoms with Gasteiger partial charge in [0.05, 0.1) is 42.5 Å². The maximum atomic E-state index is 13.2. The van der Waals surface area contributed by atoms with E-state index in [1.54, 1.807) is 48.9 Å². The van der Waals surface area contributed by atoms with Gasteiger partial charge in [0.2, 0.25) is 6.33 Å². The lowest BCUT2D eigenvalue weighted by atomic mass is 9.94. The van der Waals surface area contributed by atoms with Crippen LogP contribution in [-0.4, -0.2) is 52.9 Å². The van der Waals surface area contributed by atoms with Crippen molar-refractivity contribution in [3.8, 4) is 5.75 Å². The molecule has 1 saturated heterocycles. The molecule has 2 N–H and O–H groups in total. The van der Waals surface area contributed by atoms with Gasteiger partial charge in [0.25, 0.3) is 11.7 Å². The molecule has 0 spiro atoms. The molecule has 2 aromatic carbocycles. The first-order valence-electron chi connectivity index (χ1n) is 11.8. The Kier molecular flexibility index (Phi) is 7.93. The zero-order valence-electron chi connectivity index (χ0n) is 20.4. The zero-order chi connectivity index (χ0) is 26.5. The number of halogens is 1. The highest BCUT2D eigenvalue weighted by Crippen LogP contribution is 2.40. The molecule has 37 heavy (non-hydrogen) atoms. The first kappa shape index (κ1) is 26.0. The van der Waals surface area contributed by atoms with E-state index in [1.165, 1.54) is 18.1 Å². The lowest BCUT2D eigenvalue weighted by Crippen LogP contribution is -2.36. The monoisotopic (exact) mass is 524 g/mol. The molecule has 9 nitrogen and oxygen atoms in total. The van der Waals surface area contributed by atoms with Gasteiger partial charge in [0.15, 0.2) is 0 Å². The van der Waals surface area contributed by atoms with E-state index in [9.17, 15) is 19.5 Å². The minimum absolute atomic E-state index is 0.0506. The molecule has 1 amide bonds. The Labute approximate surface area is 218 Å². The van der Waals surface area contributed by atoms with Crippen LogP contribution in [0.5, 0.6) is 5.75 Å². The minimum Gasteiger partial charge on any atom is -0.507 e. The van der Waals surface area contributed by atoms with E-state index in [4.69, 9.17) is 21.1 Å². The highest BCUT2D eigenvalue weighted by molar-refractivity contribution is 6.46. The van der Waals surface area contributed by atoms with Crippen LogP contribution in [0.15, 0.2) is 66.8 Å². The van der Waals surface area contributed by atoms with Crippen LogP contribution in [0, 0.1) is 0 Å². The first-order valence-corrected chi connectivity index (χ1v) is 12.1. The summed E-state index contributed by atoms with van der Waals surface area (Å²) in [5.74, 6) is -1.90. The van der Waals surface area contributed by atoms with Gasteiger partial charge in [-0.15, -0.1) is 0 Å². The number of likely N-dealkylation sites (tertiary alicyclic amines) is 1. The molecule has 0 bridgehead atoms. The van der Waals surface area contributed by atoms with Crippen LogP contribution in [0.3, 0.4) is 0 Å². The Hall–Kier alpha value is -4.11. The topological polar surface area (TPSA) is 113 Å². The Morgan fingerprint density at radius 2 is 1.89 bits per heavy atom. The molecule has 1 aromatic heterocycles. The number of imidazole rings is 1. The fourth-order valence-electron chi connectivity index (χ4n) is 4.34. The molecule has 1 atom stereocenters. The number of benzene rings is 2. The molecule has 0 aliphatic carbocycles. The smallest absolute Gasteiger partial charge is 0.337 e. The average Bonchev–Trinajstić information content (AvgIpc) is 3.51. The van der Waals surface area contributed by atoms with Crippen molar-refractivity contribution < 1.29 is 33.5 Å². The lowest BCUT2D eigenvalue weighted by molar-refractivity contribution is -0.695. The van der Waals surface area contributed by atoms with Crippen LogP contribution in [0.25, 0.3) is 5.76 Å². The Bertz CT molecular complexity index is 1330. The number of amides is 1. The number of rotatable bonds is 9. The third-order valence-corrected chi connectivity index (χ3v) is 6.41. The summed E-state index contributed by atoms with van der Waals surface area (Å²) < 4.78 is 12.2. The van der Waals surface area contributed by atoms with E-state index >= 15 is 0 Å². The van der Waals surface area contributed by atoms with E-state index in [0.29, 0.717) is 36.4 Å². The number of carbonyl (C=O) groups is 3. The number of nitrogens with one attached hydrogen (secondary N) is 1. The lowest BCUT2D eigenvalue weighted by Gasteiger charge is -2.25. The normalized spacial score (nSPS) is 16.7. The molecule has 10 heteroatoms. The summed E-state index contributed by atoms with van der Waals surface area (Å²) in [6.07, 6.45) is 6.03. The summed E-state index contributed by atoms with van der Waals surface area (Å²) >= 11 is 6.31. The second-order valence-electron chi connectivity index (χ2n) is 8.39. The van der Waals surface area contributed by atoms with Crippen molar-refractivity contribution in [1.29, 1.82) is 0 Å². The number of aryl methyl sites for hydroxylation is 1. The predicted octanol–water partition coefficient (Wildman–Crippen LogP) is 3.65. The van der Waals surface area contributed by atoms with Crippen molar-refractivity contribution in [2.75, 3.05) is 20.3 Å². The van der Waals surface area contributed by atoms with Gasteiger partial charge in [-0.25, -0.2) is 9.36 Å². The molecule has 192 valence electrons. The molecule has 0 saturated carbocycles. The van der Waals surface area contributed by atoms with Gasteiger partial charge >= 0.3 is 5.97 Å². The van der Waals surface area contributed by atoms with Crippen molar-refractivity contribution in [3.05, 3.63) is 88.5 Å². The van der Waals surface area contributed by atoms with Crippen molar-refractivity contribution in [3.63, 3.8) is 0 Å². The number of aromatic amines is 1. The largest absolute Gasteiger partial charge is 0.507 e. The number of ketones is 1. The van der Waals surface area contributed by atoms with Gasteiger partial charge in [-0.05, 0) is 42.8 Å². The number of hydrogen-bond acceptors (Lipinski definition) is 6. The third kappa shape index (κ3) is 5.36. The predicted molar refractivity (Wildman–Crippen MR) is 135 cm³/mol. The van der Waals surface area contributed by atoms with E-state index in [2.05, 4.69) is 4.98 Å². The Morgan fingerprint density at radius 3 is 2.51 bits per heavy atom. The molecule has 1 unspecified atom stereocenters. The minimum atomic E-state index is -0.853. The number of ether oxygens (including phenoxy) is 2. The molecular formula is C27H27ClN3O6+. The fraction of sp³-hybridized carbons (Fsp3) is 0.259. The second-order valence-corrected chi connectivity index (χ2v) is 8.79. The second kappa shape index (κ2) is 11.3.